The van der Waals surface area contributed by atoms with E-state index in [9.17, 15) is 19.2 Å². The fourth-order valence-corrected chi connectivity index (χ4v) is 12.3. The standard InChI is InChI=1S/C64H70N18O5/c1-2-57(83)70-47-6-3-23-78(37-47)36-42-16-20-65-55(32-42)63(85)72-45-12-8-43(9-13-45)53-34-51-59(74-53)67-40-68-60(51)79-26-18-49(19-27-79)82-41-69-61(80-28-30-87-31-29-80)52-35-54(75-62(52)82)44-10-14-46(15-11-44)73-64(86)76-56-33-50(17-21-66-56)81-38-48(39-81)71-58(84)7-4-22-77-24-5-25-77/h2,4,7-17,20-21,32-35,40-41,47-49H,1,3,5-6,18-19,22-31,36-39H2,(H6,65,66,67,68,70,71,72,73,74,76,83,84,85,86)/p+1/b7-4+/t47-/m1/s1. The van der Waals surface area contributed by atoms with Crippen LogP contribution >= 0.6 is 0 Å². The minimum absolute atomic E-state index is 0.0545. The molecule has 5 amide bonds. The summed E-state index contributed by atoms with van der Waals surface area (Å²) in [7, 11) is 0. The average molecular weight is 1170 g/mol. The molecule has 5 aliphatic heterocycles. The Morgan fingerprint density at radius 1 is 0.644 bits per heavy atom. The Morgan fingerprint density at radius 3 is 2.10 bits per heavy atom. The van der Waals surface area contributed by atoms with E-state index in [1.165, 1.54) is 12.5 Å². The molecule has 0 saturated carbocycles. The molecule has 87 heavy (non-hydrogen) atoms. The Bertz CT molecular complexity index is 3840. The summed E-state index contributed by atoms with van der Waals surface area (Å²) in [5.41, 5.74) is 8.96. The fourth-order valence-electron chi connectivity index (χ4n) is 12.3. The number of urea groups is 1. The number of aromatic nitrogens is 8. The number of nitrogens with one attached hydrogen (secondary N) is 7. The van der Waals surface area contributed by atoms with Gasteiger partial charge < -0.3 is 45.7 Å². The van der Waals surface area contributed by atoms with E-state index in [1.807, 2.05) is 85.2 Å². The molecule has 7 N–H and O–H groups in total. The molecular weight excluding hydrogens is 1100 g/mol. The van der Waals surface area contributed by atoms with E-state index < -0.39 is 6.03 Å². The first-order chi connectivity index (χ1) is 42.6. The second kappa shape index (κ2) is 25.6. The van der Waals surface area contributed by atoms with Crippen LogP contribution in [-0.2, 0) is 20.9 Å². The zero-order chi connectivity index (χ0) is 59.2. The number of nitrogens with zero attached hydrogens (tertiary/aromatic N) is 11. The Morgan fingerprint density at radius 2 is 1.34 bits per heavy atom. The van der Waals surface area contributed by atoms with Gasteiger partial charge in [-0.05, 0) is 136 Å². The minimum Gasteiger partial charge on any atom is -0.378 e. The summed E-state index contributed by atoms with van der Waals surface area (Å²) in [6.07, 6.45) is 16.6. The lowest BCUT2D eigenvalue weighted by molar-refractivity contribution is -0.704. The number of fused-ring (bicyclic) bond motifs is 2. The predicted octanol–water partition coefficient (Wildman–Crippen LogP) is 6.65. The topological polar surface area (TPSA) is 254 Å². The predicted molar refractivity (Wildman–Crippen MR) is 335 cm³/mol. The molecule has 1 atom stereocenters. The van der Waals surface area contributed by atoms with Gasteiger partial charge in [0, 0.05) is 118 Å². The maximum atomic E-state index is 13.4. The number of hydrogen-bond acceptors (Lipinski definition) is 15. The van der Waals surface area contributed by atoms with Crippen LogP contribution in [0.2, 0.25) is 0 Å². The molecule has 0 radical (unpaired) electrons. The van der Waals surface area contributed by atoms with E-state index >= 15 is 0 Å². The minimum atomic E-state index is -0.408. The van der Waals surface area contributed by atoms with Crippen molar-refractivity contribution < 1.29 is 28.5 Å². The number of rotatable bonds is 18. The van der Waals surface area contributed by atoms with Crippen molar-refractivity contribution >= 4 is 80.3 Å². The van der Waals surface area contributed by atoms with Crippen molar-refractivity contribution in [3.63, 3.8) is 0 Å². The molecule has 0 bridgehead atoms. The van der Waals surface area contributed by atoms with Crippen molar-refractivity contribution in [3.8, 4) is 22.5 Å². The number of piperidine rings is 2. The highest BCUT2D eigenvalue weighted by atomic mass is 16.5. The first-order valence-corrected chi connectivity index (χ1v) is 30.1. The smallest absolute Gasteiger partial charge is 0.324 e. The van der Waals surface area contributed by atoms with Gasteiger partial charge in [0.15, 0.2) is 0 Å². The van der Waals surface area contributed by atoms with Crippen LogP contribution in [-0.4, -0.2) is 166 Å². The van der Waals surface area contributed by atoms with Crippen LogP contribution in [0.3, 0.4) is 0 Å². The summed E-state index contributed by atoms with van der Waals surface area (Å²) in [4.78, 5) is 93.0. The van der Waals surface area contributed by atoms with Crippen molar-refractivity contribution in [1.29, 1.82) is 0 Å². The highest BCUT2D eigenvalue weighted by molar-refractivity contribution is 6.03. The molecule has 5 fully saturated rings. The molecule has 0 aliphatic carbocycles. The van der Waals surface area contributed by atoms with Gasteiger partial charge in [0.05, 0.1) is 30.7 Å². The van der Waals surface area contributed by atoms with Gasteiger partial charge in [0.25, 0.3) is 5.91 Å². The zero-order valence-corrected chi connectivity index (χ0v) is 48.5. The second-order valence-electron chi connectivity index (χ2n) is 23.0. The van der Waals surface area contributed by atoms with Gasteiger partial charge in [-0.25, -0.2) is 24.3 Å². The maximum Gasteiger partial charge on any atom is 0.324 e. The Kier molecular flexibility index (Phi) is 16.6. The molecule has 5 saturated heterocycles. The molecule has 5 aliphatic rings. The summed E-state index contributed by atoms with van der Waals surface area (Å²) < 4.78 is 8.02. The van der Waals surface area contributed by atoms with Crippen LogP contribution in [0.5, 0.6) is 0 Å². The van der Waals surface area contributed by atoms with Crippen molar-refractivity contribution in [2.75, 3.05) is 116 Å². The van der Waals surface area contributed by atoms with Crippen LogP contribution in [0.25, 0.3) is 44.6 Å². The van der Waals surface area contributed by atoms with E-state index in [-0.39, 0.29) is 35.8 Å². The van der Waals surface area contributed by atoms with Gasteiger partial charge in [-0.3, -0.25) is 39.5 Å². The van der Waals surface area contributed by atoms with Crippen molar-refractivity contribution in [2.24, 2.45) is 0 Å². The number of carbonyl (C=O) groups excluding carboxylic acids is 4. The number of carbonyl (C=O) groups is 4. The van der Waals surface area contributed by atoms with Gasteiger partial charge in [-0.2, -0.15) is 0 Å². The third kappa shape index (κ3) is 13.1. The lowest BCUT2D eigenvalue weighted by Gasteiger charge is -2.41. The third-order valence-electron chi connectivity index (χ3n) is 17.0. The zero-order valence-electron chi connectivity index (χ0n) is 48.5. The number of benzene rings is 2. The molecule has 8 aromatic rings. The highest BCUT2D eigenvalue weighted by Crippen LogP contribution is 2.35. The molecule has 23 heteroatoms. The monoisotopic (exact) mass is 1170 g/mol. The number of amides is 5. The number of aromatic amines is 2. The van der Waals surface area contributed by atoms with Crippen molar-refractivity contribution in [3.05, 3.63) is 146 Å². The van der Waals surface area contributed by atoms with Gasteiger partial charge in [0.2, 0.25) is 29.6 Å². The molecule has 6 aromatic heterocycles. The van der Waals surface area contributed by atoms with E-state index in [1.54, 1.807) is 24.8 Å². The summed E-state index contributed by atoms with van der Waals surface area (Å²) >= 11 is 0. The highest BCUT2D eigenvalue weighted by Gasteiger charge is 2.32. The molecule has 2 aromatic carbocycles. The number of morpholine rings is 1. The summed E-state index contributed by atoms with van der Waals surface area (Å²) in [5, 5.41) is 16.9. The third-order valence-corrected chi connectivity index (χ3v) is 17.0. The van der Waals surface area contributed by atoms with Gasteiger partial charge in [-0.15, -0.1) is 0 Å². The Hall–Kier alpha value is -9.58. The van der Waals surface area contributed by atoms with E-state index in [0.29, 0.717) is 55.7 Å². The van der Waals surface area contributed by atoms with Crippen LogP contribution in [0.1, 0.15) is 54.2 Å². The Labute approximate surface area is 503 Å². The summed E-state index contributed by atoms with van der Waals surface area (Å²) in [6.45, 7) is 14.5. The van der Waals surface area contributed by atoms with Crippen LogP contribution in [0.15, 0.2) is 135 Å². The first-order valence-electron chi connectivity index (χ1n) is 30.1. The molecule has 13 rings (SSSR count). The lowest BCUT2D eigenvalue weighted by atomic mass is 10.0. The average Bonchev–Trinajstić information content (AvgIpc) is 1.95. The van der Waals surface area contributed by atoms with Crippen LogP contribution in [0, 0.1) is 0 Å². The molecule has 0 spiro atoms. The molecule has 0 unspecified atom stereocenters. The molecular formula is C64H71N18O5+. The van der Waals surface area contributed by atoms with E-state index in [0.717, 1.165) is 152 Å². The summed E-state index contributed by atoms with van der Waals surface area (Å²) in [6, 6.07) is 27.1. The number of H-pyrrole nitrogens is 2. The number of anilines is 6. The number of likely N-dealkylation sites (tertiary alicyclic amines) is 2. The quantitative estimate of drug-likeness (QED) is 0.0351. The molecule has 23 nitrogen and oxygen atoms in total. The van der Waals surface area contributed by atoms with Crippen LogP contribution in [0.4, 0.5) is 39.3 Å². The summed E-state index contributed by atoms with van der Waals surface area (Å²) in [5.74, 6) is 1.68. The van der Waals surface area contributed by atoms with E-state index in [2.05, 4.69) is 99.3 Å². The largest absolute Gasteiger partial charge is 0.378 e. The fraction of sp³-hybridized carbons (Fsp3) is 0.344. The SMILES string of the molecule is C=CC(=O)N[C@@H]1CCCN(Cc2ccnc(C(=O)Nc3ccc(-c4cc5c(N6CCC([n+]7cnc(N8CCOCC8)c8cc(-c9ccc(NC(=O)Nc%10cc(N%11CC(NC(=O)/C=C/CN%12CCC%12)C%11)ccn%10)cc9)[nH]c87)CC6)ncnc5[nH]4)cc3)c2)C1. The maximum absolute atomic E-state index is 13.4. The number of pyridine rings is 2. The number of hydrogen-bond donors (Lipinski definition) is 7. The number of ether oxygens (including phenoxy) is 1. The normalized spacial score (nSPS) is 17.9. The van der Waals surface area contributed by atoms with Gasteiger partial charge >= 0.3 is 6.03 Å². The first kappa shape index (κ1) is 56.5. The second-order valence-corrected chi connectivity index (χ2v) is 23.0. The van der Waals surface area contributed by atoms with Crippen molar-refractivity contribution in [2.45, 2.75) is 56.8 Å². The Balaban J connectivity index is 0.630. The van der Waals surface area contributed by atoms with E-state index in [4.69, 9.17) is 14.7 Å². The molecule has 11 heterocycles. The van der Waals surface area contributed by atoms with Crippen LogP contribution < -0.4 is 45.9 Å². The van der Waals surface area contributed by atoms with Gasteiger partial charge in [-0.1, -0.05) is 29.8 Å². The van der Waals surface area contributed by atoms with Gasteiger partial charge in [0.1, 0.15) is 40.4 Å². The lowest BCUT2D eigenvalue weighted by Crippen LogP contribution is -2.59. The van der Waals surface area contributed by atoms with Crippen molar-refractivity contribution in [1.82, 2.24) is 55.3 Å². The molecule has 446 valence electrons.